The lowest BCUT2D eigenvalue weighted by molar-refractivity contribution is 0.540. The maximum absolute atomic E-state index is 6.30. The molecule has 218 valence electrons. The van der Waals surface area contributed by atoms with Crippen LogP contribution >= 0.6 is 15.9 Å². The number of halogens is 1. The summed E-state index contributed by atoms with van der Waals surface area (Å²) in [5, 5.41) is 6.15. The average Bonchev–Trinajstić information content (AvgIpc) is 3.82. The second kappa shape index (κ2) is 9.59. The molecule has 1 aliphatic rings. The summed E-state index contributed by atoms with van der Waals surface area (Å²) in [6.45, 7) is 2.18. The third kappa shape index (κ3) is 3.59. The van der Waals surface area contributed by atoms with Gasteiger partial charge in [0.2, 0.25) is 0 Å². The van der Waals surface area contributed by atoms with Crippen molar-refractivity contribution in [2.24, 2.45) is 0 Å². The number of fused-ring (bicyclic) bond motifs is 9. The lowest BCUT2D eigenvalue weighted by Crippen LogP contribution is -1.94. The van der Waals surface area contributed by atoms with E-state index in [9.17, 15) is 0 Å². The summed E-state index contributed by atoms with van der Waals surface area (Å²) in [4.78, 5) is 0. The molecular weight excluding hydrogens is 628 g/mol. The van der Waals surface area contributed by atoms with Crippen LogP contribution in [0.25, 0.3) is 81.6 Å². The third-order valence-corrected chi connectivity index (χ3v) is 10.4. The monoisotopic (exact) mass is 654 g/mol. The number of para-hydroxylation sites is 3. The summed E-state index contributed by atoms with van der Waals surface area (Å²) in [7, 11) is 0. The number of hydrogen-bond donors (Lipinski definition) is 0. The summed E-state index contributed by atoms with van der Waals surface area (Å²) >= 11 is 3.80. The van der Waals surface area contributed by atoms with Gasteiger partial charge in [0.25, 0.3) is 0 Å². The van der Waals surface area contributed by atoms with Crippen molar-refractivity contribution in [2.75, 3.05) is 0 Å². The number of aromatic nitrogens is 2. The number of benzene rings is 6. The van der Waals surface area contributed by atoms with E-state index in [1.165, 1.54) is 66.0 Å². The molecule has 9 aromatic rings. The zero-order valence-corrected chi connectivity index (χ0v) is 26.6. The molecule has 6 aromatic carbocycles. The Kier molecular flexibility index (Phi) is 5.41. The Balaban J connectivity index is 1.17. The molecule has 0 spiro atoms. The predicted molar refractivity (Wildman–Crippen MR) is 196 cm³/mol. The van der Waals surface area contributed by atoms with Gasteiger partial charge in [0.05, 0.1) is 22.1 Å². The maximum Gasteiger partial charge on any atom is 0.135 e. The fourth-order valence-corrected chi connectivity index (χ4v) is 8.43. The predicted octanol–water partition coefficient (Wildman–Crippen LogP) is 12.1. The molecule has 3 nitrogen and oxygen atoms in total. The van der Waals surface area contributed by atoms with Crippen molar-refractivity contribution in [1.82, 2.24) is 9.13 Å². The second-order valence-electron chi connectivity index (χ2n) is 12.3. The highest BCUT2D eigenvalue weighted by molar-refractivity contribution is 9.15. The molecule has 0 N–H and O–H groups in total. The van der Waals surface area contributed by atoms with Gasteiger partial charge in [-0.15, -0.1) is 0 Å². The van der Waals surface area contributed by atoms with Crippen LogP contribution in [0.1, 0.15) is 24.2 Å². The maximum atomic E-state index is 6.30. The molecule has 0 saturated heterocycles. The molecule has 1 aliphatic carbocycles. The lowest BCUT2D eigenvalue weighted by Gasteiger charge is -2.10. The molecule has 0 saturated carbocycles. The van der Waals surface area contributed by atoms with Crippen molar-refractivity contribution >= 4 is 75.0 Å². The Bertz CT molecular complexity index is 2720. The Morgan fingerprint density at radius 1 is 0.522 bits per heavy atom. The van der Waals surface area contributed by atoms with Crippen molar-refractivity contribution in [2.45, 2.75) is 12.8 Å². The first-order valence-electron chi connectivity index (χ1n) is 15.7. The topological polar surface area (TPSA) is 23.0 Å². The van der Waals surface area contributed by atoms with Crippen LogP contribution in [0.5, 0.6) is 0 Å². The highest BCUT2D eigenvalue weighted by Gasteiger charge is 2.26. The van der Waals surface area contributed by atoms with Gasteiger partial charge in [-0.3, -0.25) is 0 Å². The first-order valence-corrected chi connectivity index (χ1v) is 16.5. The Hall–Kier alpha value is -5.32. The van der Waals surface area contributed by atoms with E-state index in [0.717, 1.165) is 26.9 Å². The minimum Gasteiger partial charge on any atom is -0.460 e. The molecular formula is C42H27BrN2O. The molecule has 0 aliphatic heterocycles. The first kappa shape index (κ1) is 26.0. The quantitative estimate of drug-likeness (QED) is 0.186. The molecule has 0 amide bonds. The van der Waals surface area contributed by atoms with Crippen LogP contribution < -0.4 is 0 Å². The van der Waals surface area contributed by atoms with Crippen molar-refractivity contribution in [3.05, 3.63) is 151 Å². The number of nitrogens with zero attached hydrogens (tertiary/aromatic N) is 2. The zero-order chi connectivity index (χ0) is 30.5. The Morgan fingerprint density at radius 3 is 1.74 bits per heavy atom. The molecule has 3 aromatic heterocycles. The van der Waals surface area contributed by atoms with Gasteiger partial charge in [-0.1, -0.05) is 95.7 Å². The highest BCUT2D eigenvalue weighted by Crippen LogP contribution is 2.46. The van der Waals surface area contributed by atoms with Crippen molar-refractivity contribution in [3.63, 3.8) is 0 Å². The van der Waals surface area contributed by atoms with Crippen LogP contribution in [0.15, 0.2) is 144 Å². The van der Waals surface area contributed by atoms with Gasteiger partial charge in [0.1, 0.15) is 11.3 Å². The van der Waals surface area contributed by atoms with Gasteiger partial charge in [-0.05, 0) is 77.9 Å². The summed E-state index contributed by atoms with van der Waals surface area (Å²) in [5.74, 6) is 1.30. The zero-order valence-electron chi connectivity index (χ0n) is 25.0. The molecule has 0 fully saturated rings. The lowest BCUT2D eigenvalue weighted by atomic mass is 10.0. The summed E-state index contributed by atoms with van der Waals surface area (Å²) in [6, 6.07) is 48.5. The van der Waals surface area contributed by atoms with Gasteiger partial charge < -0.3 is 13.6 Å². The number of furan rings is 1. The van der Waals surface area contributed by atoms with Crippen LogP contribution in [-0.2, 0) is 0 Å². The van der Waals surface area contributed by atoms with E-state index in [2.05, 4.69) is 172 Å². The van der Waals surface area contributed by atoms with Gasteiger partial charge >= 0.3 is 0 Å². The minimum absolute atomic E-state index is 0.265. The largest absolute Gasteiger partial charge is 0.460 e. The van der Waals surface area contributed by atoms with E-state index < -0.39 is 0 Å². The van der Waals surface area contributed by atoms with Crippen LogP contribution in [0.3, 0.4) is 0 Å². The molecule has 10 rings (SSSR count). The number of allylic oxidation sites excluding steroid dienone is 1. The summed E-state index contributed by atoms with van der Waals surface area (Å²) in [5.41, 5.74) is 11.6. The number of rotatable bonds is 3. The average molecular weight is 656 g/mol. The van der Waals surface area contributed by atoms with Crippen molar-refractivity contribution < 1.29 is 4.42 Å². The smallest absolute Gasteiger partial charge is 0.135 e. The van der Waals surface area contributed by atoms with E-state index in [4.69, 9.17) is 4.42 Å². The fraction of sp³-hybridized carbons (Fsp3) is 0.0476. The van der Waals surface area contributed by atoms with Gasteiger partial charge in [-0.2, -0.15) is 0 Å². The summed E-state index contributed by atoms with van der Waals surface area (Å²) < 4.78 is 12.2. The van der Waals surface area contributed by atoms with Gasteiger partial charge in [0.15, 0.2) is 0 Å². The molecule has 1 unspecified atom stereocenters. The van der Waals surface area contributed by atoms with E-state index in [-0.39, 0.29) is 5.92 Å². The van der Waals surface area contributed by atoms with Crippen LogP contribution in [0, 0.1) is 0 Å². The van der Waals surface area contributed by atoms with E-state index in [0.29, 0.717) is 0 Å². The van der Waals surface area contributed by atoms with Crippen LogP contribution in [0.2, 0.25) is 0 Å². The summed E-state index contributed by atoms with van der Waals surface area (Å²) in [6.07, 6.45) is 2.22. The Labute approximate surface area is 273 Å². The second-order valence-corrected chi connectivity index (χ2v) is 13.2. The third-order valence-electron chi connectivity index (χ3n) is 9.70. The molecule has 4 heteroatoms. The molecule has 3 heterocycles. The SMILES string of the molecule is CC1C=C(Br)c2c1oc1ccc(-n3c4ccccc4c4cc(-c5ccc6c(c5)c5ccccc5n6-c5ccccc5)ccc43)cc21. The van der Waals surface area contributed by atoms with E-state index in [1.54, 1.807) is 0 Å². The van der Waals surface area contributed by atoms with Crippen molar-refractivity contribution in [1.29, 1.82) is 0 Å². The molecule has 0 radical (unpaired) electrons. The molecule has 0 bridgehead atoms. The fourth-order valence-electron chi connectivity index (χ4n) is 7.63. The van der Waals surface area contributed by atoms with Gasteiger partial charge in [-0.25, -0.2) is 0 Å². The Morgan fingerprint density at radius 2 is 1.09 bits per heavy atom. The van der Waals surface area contributed by atoms with Gasteiger partial charge in [0, 0.05) is 54.3 Å². The highest BCUT2D eigenvalue weighted by atomic mass is 79.9. The molecule has 46 heavy (non-hydrogen) atoms. The van der Waals surface area contributed by atoms with Crippen molar-refractivity contribution in [3.8, 4) is 22.5 Å². The van der Waals surface area contributed by atoms with Crippen LogP contribution in [-0.4, -0.2) is 9.13 Å². The normalized spacial score (nSPS) is 14.7. The van der Waals surface area contributed by atoms with E-state index in [1.807, 2.05) is 0 Å². The molecule has 1 atom stereocenters. The van der Waals surface area contributed by atoms with E-state index >= 15 is 0 Å². The standard InChI is InChI=1S/C42H27BrN2O/c1-25-21-35(43)41-34-24-29(17-20-40(34)46-42(25)41)45-37-14-8-6-12-31(37)33-23-27(16-19-39(33)45)26-15-18-38-32(22-26)30-11-5-7-13-36(30)44(38)28-9-3-2-4-10-28/h2-25H,1H3. The number of hydrogen-bond acceptors (Lipinski definition) is 1. The first-order chi connectivity index (χ1) is 22.6. The van der Waals surface area contributed by atoms with Crippen LogP contribution in [0.4, 0.5) is 0 Å². The minimum atomic E-state index is 0.265.